The van der Waals surface area contributed by atoms with Crippen molar-refractivity contribution in [3.63, 3.8) is 0 Å². The minimum absolute atomic E-state index is 0.0625. The summed E-state index contributed by atoms with van der Waals surface area (Å²) in [6.45, 7) is 8.25. The van der Waals surface area contributed by atoms with Crippen LogP contribution in [0.2, 0.25) is 0 Å². The first-order chi connectivity index (χ1) is 14.6. The van der Waals surface area contributed by atoms with Gasteiger partial charge in [0.15, 0.2) is 0 Å². The zero-order valence-electron chi connectivity index (χ0n) is 19.2. The van der Waals surface area contributed by atoms with Crippen LogP contribution in [0.5, 0.6) is 5.75 Å². The van der Waals surface area contributed by atoms with E-state index in [1.165, 1.54) is 0 Å². The van der Waals surface area contributed by atoms with E-state index >= 15 is 0 Å². The van der Waals surface area contributed by atoms with Crippen LogP contribution in [0.1, 0.15) is 27.2 Å². The number of rotatable bonds is 7. The molecule has 1 aliphatic rings. The van der Waals surface area contributed by atoms with Gasteiger partial charge in [0.25, 0.3) is 0 Å². The lowest BCUT2D eigenvalue weighted by Gasteiger charge is -2.28. The van der Waals surface area contributed by atoms with Crippen LogP contribution in [0.4, 0.5) is 4.79 Å². The average Bonchev–Trinajstić information content (AvgIpc) is 3.30. The molecular formula is C23H35N5O3. The summed E-state index contributed by atoms with van der Waals surface area (Å²) >= 11 is 0. The van der Waals surface area contributed by atoms with Gasteiger partial charge >= 0.3 is 6.09 Å². The van der Waals surface area contributed by atoms with Crippen LogP contribution in [0, 0.1) is 0 Å². The van der Waals surface area contributed by atoms with Crippen LogP contribution < -0.4 is 10.5 Å². The summed E-state index contributed by atoms with van der Waals surface area (Å²) in [5.74, 6) is 0.758. The Bertz CT molecular complexity index is 857. The maximum atomic E-state index is 12.5. The number of nitrogens with zero attached hydrogens (tertiary/aromatic N) is 4. The summed E-state index contributed by atoms with van der Waals surface area (Å²) in [5, 5.41) is 4.43. The van der Waals surface area contributed by atoms with Gasteiger partial charge in [-0.3, -0.25) is 4.68 Å². The molecule has 0 saturated carbocycles. The molecule has 1 aliphatic heterocycles. The molecule has 0 radical (unpaired) electrons. The molecule has 1 aromatic carbocycles. The van der Waals surface area contributed by atoms with Crippen LogP contribution in [-0.4, -0.2) is 77.2 Å². The Hall–Kier alpha value is -2.58. The Morgan fingerprint density at radius 1 is 1.23 bits per heavy atom. The molecule has 2 N–H and O–H groups in total. The lowest BCUT2D eigenvalue weighted by molar-refractivity contribution is 0.0186. The van der Waals surface area contributed by atoms with Crippen molar-refractivity contribution in [2.45, 2.75) is 51.4 Å². The fraction of sp³-hybridized carbons (Fsp3) is 0.565. The maximum Gasteiger partial charge on any atom is 0.410 e. The fourth-order valence-electron chi connectivity index (χ4n) is 3.53. The molecule has 2 aromatic rings. The van der Waals surface area contributed by atoms with Gasteiger partial charge in [-0.25, -0.2) is 4.79 Å². The standard InChI is InChI=1S/C23H35N5O3/c1-23(2,3)31-22(29)28-15-19(24)12-20(28)16-30-21-8-6-17(7-9-21)18-13-25-27(14-18)11-10-26(4)5/h6-9,13-14,19-20H,10-12,15-16,24H2,1-5H3/t19-,20-/m0/s1. The van der Waals surface area contributed by atoms with E-state index in [1.54, 1.807) is 4.90 Å². The summed E-state index contributed by atoms with van der Waals surface area (Å²) in [5.41, 5.74) is 7.72. The van der Waals surface area contributed by atoms with Crippen molar-refractivity contribution < 1.29 is 14.3 Å². The van der Waals surface area contributed by atoms with E-state index in [4.69, 9.17) is 15.2 Å². The molecule has 1 saturated heterocycles. The maximum absolute atomic E-state index is 12.5. The Kier molecular flexibility index (Phi) is 7.23. The number of aromatic nitrogens is 2. The zero-order valence-corrected chi connectivity index (χ0v) is 19.2. The van der Waals surface area contributed by atoms with Gasteiger partial charge in [0.1, 0.15) is 18.0 Å². The third-order valence-electron chi connectivity index (χ3n) is 5.11. The summed E-state index contributed by atoms with van der Waals surface area (Å²) in [6.07, 6.45) is 4.29. The molecular weight excluding hydrogens is 394 g/mol. The number of nitrogens with two attached hydrogens (primary N) is 1. The number of likely N-dealkylation sites (N-methyl/N-ethyl adjacent to an activating group) is 1. The largest absolute Gasteiger partial charge is 0.491 e. The second-order valence-corrected chi connectivity index (χ2v) is 9.41. The molecule has 8 heteroatoms. The lowest BCUT2D eigenvalue weighted by Crippen LogP contribution is -2.42. The number of hydrogen-bond acceptors (Lipinski definition) is 6. The molecule has 2 atom stereocenters. The lowest BCUT2D eigenvalue weighted by atomic mass is 10.1. The third-order valence-corrected chi connectivity index (χ3v) is 5.11. The third kappa shape index (κ3) is 6.70. The van der Waals surface area contributed by atoms with Crippen molar-refractivity contribution in [1.82, 2.24) is 19.6 Å². The van der Waals surface area contributed by atoms with Gasteiger partial charge in [-0.2, -0.15) is 5.10 Å². The number of benzene rings is 1. The Balaban J connectivity index is 1.56. The number of carbonyl (C=O) groups is 1. The van der Waals surface area contributed by atoms with Gasteiger partial charge in [-0.15, -0.1) is 0 Å². The summed E-state index contributed by atoms with van der Waals surface area (Å²) < 4.78 is 13.4. The van der Waals surface area contributed by atoms with Gasteiger partial charge in [-0.1, -0.05) is 12.1 Å². The Labute approximate surface area is 184 Å². The molecule has 8 nitrogen and oxygen atoms in total. The van der Waals surface area contributed by atoms with E-state index in [0.717, 1.165) is 30.0 Å². The average molecular weight is 430 g/mol. The van der Waals surface area contributed by atoms with Gasteiger partial charge in [0.2, 0.25) is 0 Å². The molecule has 0 bridgehead atoms. The Morgan fingerprint density at radius 3 is 2.58 bits per heavy atom. The van der Waals surface area contributed by atoms with E-state index in [9.17, 15) is 4.79 Å². The van der Waals surface area contributed by atoms with Crippen LogP contribution in [0.25, 0.3) is 11.1 Å². The molecule has 31 heavy (non-hydrogen) atoms. The monoisotopic (exact) mass is 429 g/mol. The van der Waals surface area contributed by atoms with Gasteiger partial charge in [0.05, 0.1) is 18.8 Å². The summed E-state index contributed by atoms with van der Waals surface area (Å²) in [4.78, 5) is 16.3. The van der Waals surface area contributed by atoms with Gasteiger partial charge in [-0.05, 0) is 59.0 Å². The first-order valence-electron chi connectivity index (χ1n) is 10.8. The predicted molar refractivity (Wildman–Crippen MR) is 121 cm³/mol. The van der Waals surface area contributed by atoms with Crippen molar-refractivity contribution in [3.05, 3.63) is 36.7 Å². The molecule has 170 valence electrons. The van der Waals surface area contributed by atoms with Crippen LogP contribution in [0.15, 0.2) is 36.7 Å². The predicted octanol–water partition coefficient (Wildman–Crippen LogP) is 2.83. The van der Waals surface area contributed by atoms with Crippen molar-refractivity contribution in [1.29, 1.82) is 0 Å². The highest BCUT2D eigenvalue weighted by atomic mass is 16.6. The van der Waals surface area contributed by atoms with Crippen molar-refractivity contribution >= 4 is 6.09 Å². The molecule has 1 fully saturated rings. The molecule has 0 spiro atoms. The van der Waals surface area contributed by atoms with Crippen LogP contribution in [0.3, 0.4) is 0 Å². The van der Waals surface area contributed by atoms with Crippen molar-refractivity contribution in [2.75, 3.05) is 33.8 Å². The summed E-state index contributed by atoms with van der Waals surface area (Å²) in [6, 6.07) is 7.77. The van der Waals surface area contributed by atoms with E-state index in [-0.39, 0.29) is 18.2 Å². The molecule has 1 amide bonds. The van der Waals surface area contributed by atoms with E-state index in [2.05, 4.69) is 30.3 Å². The molecule has 1 aromatic heterocycles. The number of likely N-dealkylation sites (tertiary alicyclic amines) is 1. The van der Waals surface area contributed by atoms with E-state index < -0.39 is 5.60 Å². The zero-order chi connectivity index (χ0) is 22.6. The van der Waals surface area contributed by atoms with E-state index in [0.29, 0.717) is 19.6 Å². The molecule has 0 aliphatic carbocycles. The van der Waals surface area contributed by atoms with Crippen molar-refractivity contribution in [3.8, 4) is 16.9 Å². The highest BCUT2D eigenvalue weighted by Gasteiger charge is 2.36. The second kappa shape index (κ2) is 9.70. The van der Waals surface area contributed by atoms with Crippen LogP contribution >= 0.6 is 0 Å². The number of amides is 1. The highest BCUT2D eigenvalue weighted by molar-refractivity contribution is 5.69. The molecule has 2 heterocycles. The van der Waals surface area contributed by atoms with Gasteiger partial charge in [0, 0.05) is 30.9 Å². The minimum Gasteiger partial charge on any atom is -0.491 e. The van der Waals surface area contributed by atoms with E-state index in [1.807, 2.05) is 55.9 Å². The molecule has 3 rings (SSSR count). The van der Waals surface area contributed by atoms with Crippen LogP contribution in [-0.2, 0) is 11.3 Å². The SMILES string of the molecule is CN(C)CCn1cc(-c2ccc(OC[C@@H]3C[C@H](N)CN3C(=O)OC(C)(C)C)cc2)cn1. The Morgan fingerprint density at radius 2 is 1.94 bits per heavy atom. The van der Waals surface area contributed by atoms with Crippen molar-refractivity contribution in [2.24, 2.45) is 5.73 Å². The topological polar surface area (TPSA) is 85.9 Å². The number of carbonyl (C=O) groups excluding carboxylic acids is 1. The smallest absolute Gasteiger partial charge is 0.410 e. The first-order valence-corrected chi connectivity index (χ1v) is 10.8. The molecule has 0 unspecified atom stereocenters. The number of ether oxygens (including phenoxy) is 2. The summed E-state index contributed by atoms with van der Waals surface area (Å²) in [7, 11) is 4.10. The fourth-order valence-corrected chi connectivity index (χ4v) is 3.53. The minimum atomic E-state index is -0.536. The van der Waals surface area contributed by atoms with Gasteiger partial charge < -0.3 is 25.0 Å². The quantitative estimate of drug-likeness (QED) is 0.728. The number of hydrogen-bond donors (Lipinski definition) is 1. The highest BCUT2D eigenvalue weighted by Crippen LogP contribution is 2.24. The normalized spacial score (nSPS) is 19.1. The second-order valence-electron chi connectivity index (χ2n) is 9.41. The first kappa shape index (κ1) is 23.1.